The second kappa shape index (κ2) is 13.1. The molecule has 0 radical (unpaired) electrons. The average Bonchev–Trinajstić information content (AvgIpc) is 2.71. The Hall–Kier alpha value is -3.20. The lowest BCUT2D eigenvalue weighted by Gasteiger charge is -2.03. The van der Waals surface area contributed by atoms with Crippen LogP contribution >= 0.6 is 0 Å². The zero-order valence-electron chi connectivity index (χ0n) is 16.3. The summed E-state index contributed by atoms with van der Waals surface area (Å²) >= 11 is 0. The molecular weight excluding hydrogens is 394 g/mol. The van der Waals surface area contributed by atoms with Crippen molar-refractivity contribution >= 4 is 33.7 Å². The molecule has 2 aromatic rings. The first-order valence-corrected chi connectivity index (χ1v) is 10.1. The zero-order valence-corrected chi connectivity index (χ0v) is 17.1. The topological polar surface area (TPSA) is 122 Å². The molecule has 1 amide bonds. The number of carbonyl (C=O) groups excluding carboxylic acids is 2. The Balaban J connectivity index is 0.000000960. The van der Waals surface area contributed by atoms with Gasteiger partial charge in [-0.05, 0) is 61.4 Å². The van der Waals surface area contributed by atoms with Gasteiger partial charge in [-0.25, -0.2) is 0 Å². The third kappa shape index (κ3) is 9.52. The average molecular weight is 417 g/mol. The van der Waals surface area contributed by atoms with E-state index in [-0.39, 0.29) is 11.7 Å². The van der Waals surface area contributed by atoms with Gasteiger partial charge in [-0.3, -0.25) is 9.59 Å². The molecule has 1 N–H and O–H groups in total. The van der Waals surface area contributed by atoms with Crippen LogP contribution in [0.25, 0.3) is 0 Å². The number of hydrogen-bond acceptors (Lipinski definition) is 7. The van der Waals surface area contributed by atoms with Crippen LogP contribution in [0.3, 0.4) is 0 Å². The number of ketones is 1. The Morgan fingerprint density at radius 1 is 0.793 bits per heavy atom. The molecule has 9 heteroatoms. The minimum Gasteiger partial charge on any atom is -0.352 e. The Labute approximate surface area is 171 Å². The quantitative estimate of drug-likeness (QED) is 0.509. The number of azo groups is 1. The van der Waals surface area contributed by atoms with Crippen molar-refractivity contribution in [2.24, 2.45) is 10.2 Å². The van der Waals surface area contributed by atoms with E-state index in [1.54, 1.807) is 48.5 Å². The normalized spacial score (nSPS) is 10.1. The van der Waals surface area contributed by atoms with Gasteiger partial charge in [0.25, 0.3) is 5.91 Å². The molecule has 0 aliphatic heterocycles. The smallest absolute Gasteiger partial charge is 0.352 e. The van der Waals surface area contributed by atoms with Gasteiger partial charge >= 0.3 is 10.6 Å². The lowest BCUT2D eigenvalue weighted by atomic mass is 10.1. The summed E-state index contributed by atoms with van der Waals surface area (Å²) in [7, 11) is -3.11. The largest absolute Gasteiger partial charge is 0.425 e. The summed E-state index contributed by atoms with van der Waals surface area (Å²) in [5.74, 6) is 0.0561. The highest BCUT2D eigenvalue weighted by atomic mass is 32.2. The third-order valence-corrected chi connectivity index (χ3v) is 3.61. The SMILES string of the molecule is CCCNC(=O)c1ccc(N=Nc2ccc(C(=O)CCC)cc2)cc1.O=S(=O)=O. The zero-order chi connectivity index (χ0) is 21.6. The van der Waals surface area contributed by atoms with Gasteiger partial charge in [0.15, 0.2) is 5.78 Å². The van der Waals surface area contributed by atoms with E-state index in [0.717, 1.165) is 12.8 Å². The van der Waals surface area contributed by atoms with Crippen LogP contribution in [-0.4, -0.2) is 30.9 Å². The van der Waals surface area contributed by atoms with Gasteiger partial charge in [0.2, 0.25) is 0 Å². The van der Waals surface area contributed by atoms with Crippen LogP contribution < -0.4 is 5.32 Å². The molecule has 29 heavy (non-hydrogen) atoms. The van der Waals surface area contributed by atoms with Crippen LogP contribution in [0.2, 0.25) is 0 Å². The molecule has 2 aromatic carbocycles. The van der Waals surface area contributed by atoms with E-state index in [4.69, 9.17) is 12.6 Å². The highest BCUT2D eigenvalue weighted by molar-refractivity contribution is 7.59. The first-order valence-electron chi connectivity index (χ1n) is 9.07. The molecule has 0 saturated heterocycles. The molecule has 0 aromatic heterocycles. The Bertz CT molecular complexity index is 931. The number of Topliss-reactive ketones (excluding diaryl/α,β-unsaturated/α-hetero) is 1. The fraction of sp³-hybridized carbons (Fsp3) is 0.300. The summed E-state index contributed by atoms with van der Waals surface area (Å²) in [4.78, 5) is 23.6. The number of benzene rings is 2. The maximum atomic E-state index is 11.8. The molecule has 0 fully saturated rings. The molecule has 0 unspecified atom stereocenters. The van der Waals surface area contributed by atoms with Crippen molar-refractivity contribution in [3.8, 4) is 0 Å². The molecule has 0 aliphatic carbocycles. The van der Waals surface area contributed by atoms with Crippen molar-refractivity contribution < 1.29 is 22.2 Å². The summed E-state index contributed by atoms with van der Waals surface area (Å²) < 4.78 is 25.3. The fourth-order valence-corrected chi connectivity index (χ4v) is 2.22. The van der Waals surface area contributed by atoms with Gasteiger partial charge in [0.05, 0.1) is 11.4 Å². The van der Waals surface area contributed by atoms with Crippen molar-refractivity contribution in [1.82, 2.24) is 5.32 Å². The summed E-state index contributed by atoms with van der Waals surface area (Å²) in [5.41, 5.74) is 2.64. The number of hydrogen-bond donors (Lipinski definition) is 1. The Morgan fingerprint density at radius 2 is 1.24 bits per heavy atom. The van der Waals surface area contributed by atoms with Crippen LogP contribution in [0.1, 0.15) is 53.8 Å². The fourth-order valence-electron chi connectivity index (χ4n) is 2.22. The number of carbonyl (C=O) groups is 2. The highest BCUT2D eigenvalue weighted by Gasteiger charge is 2.05. The lowest BCUT2D eigenvalue weighted by Crippen LogP contribution is -2.23. The van der Waals surface area contributed by atoms with E-state index in [1.165, 1.54) is 0 Å². The van der Waals surface area contributed by atoms with Crippen LogP contribution in [0.15, 0.2) is 58.8 Å². The van der Waals surface area contributed by atoms with E-state index in [2.05, 4.69) is 15.5 Å². The van der Waals surface area contributed by atoms with Gasteiger partial charge in [-0.15, -0.1) is 12.6 Å². The second-order valence-corrected chi connectivity index (χ2v) is 6.34. The van der Waals surface area contributed by atoms with Crippen LogP contribution in [0, 0.1) is 0 Å². The van der Waals surface area contributed by atoms with Crippen molar-refractivity contribution in [3.63, 3.8) is 0 Å². The predicted octanol–water partition coefficient (Wildman–Crippen LogP) is 4.22. The van der Waals surface area contributed by atoms with Crippen LogP contribution in [0.4, 0.5) is 11.4 Å². The second-order valence-electron chi connectivity index (χ2n) is 5.93. The standard InChI is InChI=1S/C20H23N3O2.O3S/c1-3-5-19(24)15-6-10-17(11-7-15)22-23-18-12-8-16(9-13-18)20(25)21-14-4-2;1-4(2)3/h6-13H,3-5,14H2,1-2H3,(H,21,25);. The molecule has 2 rings (SSSR count). The van der Waals surface area contributed by atoms with Gasteiger partial charge in [-0.2, -0.15) is 10.2 Å². The van der Waals surface area contributed by atoms with Crippen LogP contribution in [0.5, 0.6) is 0 Å². The van der Waals surface area contributed by atoms with Gasteiger partial charge < -0.3 is 5.32 Å². The minimum absolute atomic E-state index is 0.0855. The maximum Gasteiger partial charge on any atom is 0.425 e. The molecule has 0 spiro atoms. The van der Waals surface area contributed by atoms with Crippen LogP contribution in [-0.2, 0) is 10.6 Å². The Kier molecular flexibility index (Phi) is 10.7. The summed E-state index contributed by atoms with van der Waals surface area (Å²) in [6.45, 7) is 4.66. The summed E-state index contributed by atoms with van der Waals surface area (Å²) in [6, 6.07) is 14.1. The predicted molar refractivity (Wildman–Crippen MR) is 109 cm³/mol. The molecule has 154 valence electrons. The van der Waals surface area contributed by atoms with Gasteiger partial charge in [0.1, 0.15) is 0 Å². The lowest BCUT2D eigenvalue weighted by molar-refractivity contribution is 0.0951. The minimum atomic E-state index is -3.11. The molecular formula is C20H23N3O5S. The van der Waals surface area contributed by atoms with Gasteiger partial charge in [-0.1, -0.05) is 13.8 Å². The highest BCUT2D eigenvalue weighted by Crippen LogP contribution is 2.20. The Morgan fingerprint density at radius 3 is 1.66 bits per heavy atom. The third-order valence-electron chi connectivity index (χ3n) is 3.61. The molecule has 0 aliphatic rings. The molecule has 0 saturated carbocycles. The molecule has 0 bridgehead atoms. The number of nitrogens with zero attached hydrogens (tertiary/aromatic N) is 2. The molecule has 0 heterocycles. The summed E-state index contributed by atoms with van der Waals surface area (Å²) in [5, 5.41) is 11.1. The van der Waals surface area contributed by atoms with Crippen molar-refractivity contribution in [2.45, 2.75) is 33.1 Å². The summed E-state index contributed by atoms with van der Waals surface area (Å²) in [6.07, 6.45) is 2.30. The van der Waals surface area contributed by atoms with E-state index < -0.39 is 10.6 Å². The number of rotatable bonds is 8. The van der Waals surface area contributed by atoms with Crippen molar-refractivity contribution in [1.29, 1.82) is 0 Å². The maximum absolute atomic E-state index is 11.8. The first-order chi connectivity index (χ1) is 13.9. The first kappa shape index (κ1) is 23.8. The monoisotopic (exact) mass is 417 g/mol. The van der Waals surface area contributed by atoms with E-state index in [0.29, 0.717) is 35.5 Å². The van der Waals surface area contributed by atoms with E-state index in [9.17, 15) is 9.59 Å². The van der Waals surface area contributed by atoms with E-state index in [1.807, 2.05) is 13.8 Å². The van der Waals surface area contributed by atoms with E-state index >= 15 is 0 Å². The molecule has 0 atom stereocenters. The number of amides is 1. The van der Waals surface area contributed by atoms with Crippen molar-refractivity contribution in [2.75, 3.05) is 6.54 Å². The number of nitrogens with one attached hydrogen (secondary N) is 1. The molecule has 8 nitrogen and oxygen atoms in total. The van der Waals surface area contributed by atoms with Crippen molar-refractivity contribution in [3.05, 3.63) is 59.7 Å². The van der Waals surface area contributed by atoms with Gasteiger partial charge in [0, 0.05) is 24.1 Å².